The predicted molar refractivity (Wildman–Crippen MR) is 71.9 cm³/mol. The number of aryl methyl sites for hydroxylation is 1. The van der Waals surface area contributed by atoms with Crippen molar-refractivity contribution in [2.24, 2.45) is 0 Å². The van der Waals surface area contributed by atoms with Gasteiger partial charge in [0.05, 0.1) is 9.77 Å². The summed E-state index contributed by atoms with van der Waals surface area (Å²) in [5.41, 5.74) is 0. The molecule has 0 atom stereocenters. The number of hydrogen-bond donors (Lipinski definition) is 1. The zero-order valence-electron chi connectivity index (χ0n) is 9.54. The molecule has 0 fully saturated rings. The molecule has 0 aliphatic heterocycles. The van der Waals surface area contributed by atoms with Crippen LogP contribution in [0.15, 0.2) is 12.4 Å². The molecule has 0 aromatic carbocycles. The third kappa shape index (κ3) is 6.14. The summed E-state index contributed by atoms with van der Waals surface area (Å²) in [5.74, 6) is 0. The molecule has 0 aliphatic carbocycles. The Kier molecular flexibility index (Phi) is 6.24. The Hall–Kier alpha value is -0.100. The number of halogens is 1. The van der Waals surface area contributed by atoms with Gasteiger partial charge in [-0.05, 0) is 42.0 Å². The summed E-state index contributed by atoms with van der Waals surface area (Å²) in [6, 6.07) is 0.609. The molecule has 86 valence electrons. The summed E-state index contributed by atoms with van der Waals surface area (Å²) in [4.78, 5) is 0. The van der Waals surface area contributed by atoms with Gasteiger partial charge in [-0.3, -0.25) is 4.68 Å². The topological polar surface area (TPSA) is 29.9 Å². The predicted octanol–water partition coefficient (Wildman–Crippen LogP) is 2.66. The molecule has 0 unspecified atom stereocenters. The monoisotopic (exact) mass is 321 g/mol. The average molecular weight is 321 g/mol. The standard InChI is InChI=1S/C11H20IN3/c1-10(2)13-6-4-3-5-7-15-9-11(12)8-14-15/h8-10,13H,3-7H2,1-2H3. The van der Waals surface area contributed by atoms with Crippen molar-refractivity contribution in [2.75, 3.05) is 6.54 Å². The van der Waals surface area contributed by atoms with E-state index in [4.69, 9.17) is 0 Å². The van der Waals surface area contributed by atoms with Crippen molar-refractivity contribution in [1.29, 1.82) is 0 Å². The zero-order valence-corrected chi connectivity index (χ0v) is 11.7. The van der Waals surface area contributed by atoms with E-state index in [2.05, 4.69) is 53.1 Å². The molecule has 3 nitrogen and oxygen atoms in total. The molecule has 0 saturated heterocycles. The maximum Gasteiger partial charge on any atom is 0.0623 e. The second-order valence-corrected chi connectivity index (χ2v) is 5.34. The fraction of sp³-hybridized carbons (Fsp3) is 0.727. The number of aromatic nitrogens is 2. The molecule has 0 saturated carbocycles. The third-order valence-electron chi connectivity index (χ3n) is 2.22. The van der Waals surface area contributed by atoms with E-state index in [1.165, 1.54) is 22.8 Å². The SMILES string of the molecule is CC(C)NCCCCCn1cc(I)cn1. The van der Waals surface area contributed by atoms with Gasteiger partial charge in [-0.25, -0.2) is 0 Å². The van der Waals surface area contributed by atoms with Gasteiger partial charge in [0.25, 0.3) is 0 Å². The van der Waals surface area contributed by atoms with E-state index >= 15 is 0 Å². The lowest BCUT2D eigenvalue weighted by Gasteiger charge is -2.07. The van der Waals surface area contributed by atoms with Crippen LogP contribution in [-0.2, 0) is 6.54 Å². The molecule has 1 heterocycles. The quantitative estimate of drug-likeness (QED) is 0.618. The van der Waals surface area contributed by atoms with Crippen LogP contribution < -0.4 is 5.32 Å². The fourth-order valence-electron chi connectivity index (χ4n) is 1.43. The van der Waals surface area contributed by atoms with Crippen molar-refractivity contribution in [1.82, 2.24) is 15.1 Å². The maximum absolute atomic E-state index is 4.26. The molecule has 0 radical (unpaired) electrons. The Bertz CT molecular complexity index is 271. The molecule has 1 rings (SSSR count). The van der Waals surface area contributed by atoms with Gasteiger partial charge in [0, 0.05) is 18.8 Å². The number of unbranched alkanes of at least 4 members (excludes halogenated alkanes) is 2. The lowest BCUT2D eigenvalue weighted by Crippen LogP contribution is -2.23. The highest BCUT2D eigenvalue weighted by molar-refractivity contribution is 14.1. The van der Waals surface area contributed by atoms with E-state index < -0.39 is 0 Å². The normalized spacial score (nSPS) is 11.2. The summed E-state index contributed by atoms with van der Waals surface area (Å²) >= 11 is 2.29. The molecule has 0 bridgehead atoms. The Labute approximate surface area is 106 Å². The summed E-state index contributed by atoms with van der Waals surface area (Å²) in [6.45, 7) is 6.55. The molecule has 0 aliphatic rings. The number of nitrogens with one attached hydrogen (secondary N) is 1. The Morgan fingerprint density at radius 2 is 2.20 bits per heavy atom. The Morgan fingerprint density at radius 1 is 1.40 bits per heavy atom. The third-order valence-corrected chi connectivity index (χ3v) is 2.78. The molecule has 4 heteroatoms. The van der Waals surface area contributed by atoms with Crippen LogP contribution in [0.1, 0.15) is 33.1 Å². The van der Waals surface area contributed by atoms with Gasteiger partial charge in [0.1, 0.15) is 0 Å². The highest BCUT2D eigenvalue weighted by atomic mass is 127. The zero-order chi connectivity index (χ0) is 11.1. The first-order valence-corrected chi connectivity index (χ1v) is 6.67. The Morgan fingerprint density at radius 3 is 2.80 bits per heavy atom. The number of rotatable bonds is 7. The van der Waals surface area contributed by atoms with Crippen LogP contribution in [0.2, 0.25) is 0 Å². The molecule has 1 N–H and O–H groups in total. The average Bonchev–Trinajstić information content (AvgIpc) is 2.57. The van der Waals surface area contributed by atoms with Crippen LogP contribution in [0.4, 0.5) is 0 Å². The lowest BCUT2D eigenvalue weighted by atomic mass is 10.2. The molecule has 0 spiro atoms. The van der Waals surface area contributed by atoms with Gasteiger partial charge in [-0.15, -0.1) is 0 Å². The van der Waals surface area contributed by atoms with Gasteiger partial charge < -0.3 is 5.32 Å². The summed E-state index contributed by atoms with van der Waals surface area (Å²) in [6.07, 6.45) is 7.75. The minimum Gasteiger partial charge on any atom is -0.315 e. The van der Waals surface area contributed by atoms with Gasteiger partial charge in [-0.1, -0.05) is 20.3 Å². The molecule has 1 aromatic heterocycles. The molecule has 15 heavy (non-hydrogen) atoms. The van der Waals surface area contributed by atoms with E-state index in [-0.39, 0.29) is 0 Å². The molecular formula is C11H20IN3. The summed E-state index contributed by atoms with van der Waals surface area (Å²) < 4.78 is 3.24. The first kappa shape index (κ1) is 13.0. The van der Waals surface area contributed by atoms with Crippen molar-refractivity contribution >= 4 is 22.6 Å². The number of nitrogens with zero attached hydrogens (tertiary/aromatic N) is 2. The second kappa shape index (κ2) is 7.22. The van der Waals surface area contributed by atoms with Gasteiger partial charge in [-0.2, -0.15) is 5.10 Å². The van der Waals surface area contributed by atoms with Crippen molar-refractivity contribution in [3.63, 3.8) is 0 Å². The van der Waals surface area contributed by atoms with E-state index in [1.807, 2.05) is 10.9 Å². The van der Waals surface area contributed by atoms with Crippen molar-refractivity contribution in [3.05, 3.63) is 16.0 Å². The Balaban J connectivity index is 1.98. The van der Waals surface area contributed by atoms with Crippen LogP contribution in [0.25, 0.3) is 0 Å². The molecule has 0 amide bonds. The fourth-order valence-corrected chi connectivity index (χ4v) is 1.87. The first-order chi connectivity index (χ1) is 7.18. The number of hydrogen-bond acceptors (Lipinski definition) is 2. The highest BCUT2D eigenvalue weighted by Crippen LogP contribution is 2.03. The van der Waals surface area contributed by atoms with Crippen molar-refractivity contribution in [2.45, 2.75) is 45.7 Å². The van der Waals surface area contributed by atoms with Crippen molar-refractivity contribution < 1.29 is 0 Å². The molecule has 1 aromatic rings. The van der Waals surface area contributed by atoms with Crippen LogP contribution in [0, 0.1) is 3.57 Å². The lowest BCUT2D eigenvalue weighted by molar-refractivity contribution is 0.511. The van der Waals surface area contributed by atoms with E-state index in [0.717, 1.165) is 13.1 Å². The van der Waals surface area contributed by atoms with E-state index in [0.29, 0.717) is 6.04 Å². The summed E-state index contributed by atoms with van der Waals surface area (Å²) in [7, 11) is 0. The van der Waals surface area contributed by atoms with Crippen LogP contribution in [0.5, 0.6) is 0 Å². The van der Waals surface area contributed by atoms with E-state index in [1.54, 1.807) is 0 Å². The summed E-state index contributed by atoms with van der Waals surface area (Å²) in [5, 5.41) is 7.68. The van der Waals surface area contributed by atoms with Crippen LogP contribution >= 0.6 is 22.6 Å². The minimum absolute atomic E-state index is 0.609. The van der Waals surface area contributed by atoms with Gasteiger partial charge in [0.15, 0.2) is 0 Å². The van der Waals surface area contributed by atoms with E-state index in [9.17, 15) is 0 Å². The van der Waals surface area contributed by atoms with Crippen LogP contribution in [0.3, 0.4) is 0 Å². The van der Waals surface area contributed by atoms with Crippen LogP contribution in [-0.4, -0.2) is 22.4 Å². The second-order valence-electron chi connectivity index (χ2n) is 4.09. The van der Waals surface area contributed by atoms with Crippen molar-refractivity contribution in [3.8, 4) is 0 Å². The minimum atomic E-state index is 0.609. The van der Waals surface area contributed by atoms with Gasteiger partial charge in [0.2, 0.25) is 0 Å². The highest BCUT2D eigenvalue weighted by Gasteiger charge is 1.95. The first-order valence-electron chi connectivity index (χ1n) is 5.60. The van der Waals surface area contributed by atoms with Gasteiger partial charge >= 0.3 is 0 Å². The largest absolute Gasteiger partial charge is 0.315 e. The maximum atomic E-state index is 4.26. The molecular weight excluding hydrogens is 301 g/mol. The smallest absolute Gasteiger partial charge is 0.0623 e.